The van der Waals surface area contributed by atoms with Gasteiger partial charge in [-0.15, -0.1) is 0 Å². The van der Waals surface area contributed by atoms with Crippen molar-refractivity contribution in [3.63, 3.8) is 0 Å². The van der Waals surface area contributed by atoms with Crippen LogP contribution in [-0.2, 0) is 22.4 Å². The van der Waals surface area contributed by atoms with E-state index >= 15 is 0 Å². The number of carbonyl (C=O) groups excluding carboxylic acids is 1. The lowest BCUT2D eigenvalue weighted by Crippen LogP contribution is -2.44. The molecule has 1 aliphatic rings. The van der Waals surface area contributed by atoms with Crippen LogP contribution in [-0.4, -0.2) is 29.6 Å². The Morgan fingerprint density at radius 2 is 1.95 bits per heavy atom. The van der Waals surface area contributed by atoms with Crippen LogP contribution in [0.3, 0.4) is 0 Å². The summed E-state index contributed by atoms with van der Waals surface area (Å²) in [4.78, 5) is 22.9. The first-order valence-corrected chi connectivity index (χ1v) is 7.35. The number of aryl methyl sites for hydroxylation is 2. The number of fused-ring (bicyclic) bond motifs is 1. The number of carbonyl (C=O) groups is 2. The molecule has 1 unspecified atom stereocenters. The topological polar surface area (TPSA) is 78.4 Å². The maximum atomic E-state index is 11.9. The number of carboxylic acid groups (broad SMARTS) is 1. The summed E-state index contributed by atoms with van der Waals surface area (Å²) in [5.41, 5.74) is 3.43. The van der Waals surface area contributed by atoms with E-state index < -0.39 is 12.0 Å². The zero-order chi connectivity index (χ0) is 15.4. The molecule has 0 aliphatic heterocycles. The molecule has 114 valence electrons. The molecule has 1 aromatic carbocycles. The van der Waals surface area contributed by atoms with E-state index in [0.717, 1.165) is 18.5 Å². The number of hydrogen-bond donors (Lipinski definition) is 3. The van der Waals surface area contributed by atoms with Gasteiger partial charge in [-0.2, -0.15) is 0 Å². The van der Waals surface area contributed by atoms with Gasteiger partial charge in [-0.3, -0.25) is 14.9 Å². The SMILES string of the molecule is CC(C)C(NCC(=O)Nc1ccc2c(c1)CCC2)C(=O)O. The average molecular weight is 290 g/mol. The van der Waals surface area contributed by atoms with Gasteiger partial charge in [-0.25, -0.2) is 0 Å². The van der Waals surface area contributed by atoms with Gasteiger partial charge in [0.05, 0.1) is 6.54 Å². The molecule has 3 N–H and O–H groups in total. The molecule has 5 nitrogen and oxygen atoms in total. The van der Waals surface area contributed by atoms with Gasteiger partial charge in [0.1, 0.15) is 6.04 Å². The fraction of sp³-hybridized carbons (Fsp3) is 0.500. The third kappa shape index (κ3) is 4.04. The zero-order valence-electron chi connectivity index (χ0n) is 12.5. The van der Waals surface area contributed by atoms with Crippen molar-refractivity contribution in [2.24, 2.45) is 5.92 Å². The van der Waals surface area contributed by atoms with E-state index in [-0.39, 0.29) is 18.4 Å². The van der Waals surface area contributed by atoms with Crippen LogP contribution in [0.2, 0.25) is 0 Å². The average Bonchev–Trinajstić information content (AvgIpc) is 2.85. The highest BCUT2D eigenvalue weighted by Crippen LogP contribution is 2.24. The highest BCUT2D eigenvalue weighted by atomic mass is 16.4. The zero-order valence-corrected chi connectivity index (χ0v) is 12.5. The standard InChI is InChI=1S/C16H22N2O3/c1-10(2)15(16(20)21)17-9-14(19)18-13-7-6-11-4-3-5-12(11)8-13/h6-8,10,15,17H,3-5,9H2,1-2H3,(H,18,19)(H,20,21). The molecule has 21 heavy (non-hydrogen) atoms. The van der Waals surface area contributed by atoms with E-state index in [1.165, 1.54) is 17.5 Å². The van der Waals surface area contributed by atoms with Crippen LogP contribution in [0.1, 0.15) is 31.4 Å². The summed E-state index contributed by atoms with van der Waals surface area (Å²) in [7, 11) is 0. The Morgan fingerprint density at radius 1 is 1.24 bits per heavy atom. The summed E-state index contributed by atoms with van der Waals surface area (Å²) in [6.07, 6.45) is 3.34. The van der Waals surface area contributed by atoms with Crippen molar-refractivity contribution in [3.05, 3.63) is 29.3 Å². The van der Waals surface area contributed by atoms with Gasteiger partial charge >= 0.3 is 5.97 Å². The van der Waals surface area contributed by atoms with Crippen LogP contribution < -0.4 is 10.6 Å². The Balaban J connectivity index is 1.88. The monoisotopic (exact) mass is 290 g/mol. The second-order valence-corrected chi connectivity index (χ2v) is 5.83. The van der Waals surface area contributed by atoms with Crippen LogP contribution in [0.5, 0.6) is 0 Å². The van der Waals surface area contributed by atoms with Gasteiger partial charge in [0.2, 0.25) is 5.91 Å². The van der Waals surface area contributed by atoms with E-state index in [4.69, 9.17) is 5.11 Å². The highest BCUT2D eigenvalue weighted by molar-refractivity contribution is 5.92. The quantitative estimate of drug-likeness (QED) is 0.746. The first-order valence-electron chi connectivity index (χ1n) is 7.35. The molecule has 1 amide bonds. The van der Waals surface area contributed by atoms with Crippen molar-refractivity contribution in [2.45, 2.75) is 39.2 Å². The summed E-state index contributed by atoms with van der Waals surface area (Å²) in [6.45, 7) is 3.61. The van der Waals surface area contributed by atoms with Gasteiger partial charge in [0, 0.05) is 5.69 Å². The van der Waals surface area contributed by atoms with Crippen LogP contribution in [0.4, 0.5) is 5.69 Å². The Morgan fingerprint density at radius 3 is 2.62 bits per heavy atom. The molecule has 5 heteroatoms. The molecule has 0 aromatic heterocycles. The van der Waals surface area contributed by atoms with E-state index in [1.807, 2.05) is 26.0 Å². The lowest BCUT2D eigenvalue weighted by Gasteiger charge is -2.17. The number of nitrogens with one attached hydrogen (secondary N) is 2. The molecule has 0 fully saturated rings. The first kappa shape index (κ1) is 15.5. The van der Waals surface area contributed by atoms with Crippen molar-refractivity contribution in [1.29, 1.82) is 0 Å². The Kier molecular flexibility index (Phi) is 4.96. The van der Waals surface area contributed by atoms with Crippen molar-refractivity contribution in [2.75, 3.05) is 11.9 Å². The van der Waals surface area contributed by atoms with E-state index in [2.05, 4.69) is 16.7 Å². The third-order valence-electron chi connectivity index (χ3n) is 3.80. The minimum absolute atomic E-state index is 0.00771. The molecule has 0 heterocycles. The van der Waals surface area contributed by atoms with Crippen molar-refractivity contribution in [3.8, 4) is 0 Å². The van der Waals surface area contributed by atoms with Crippen LogP contribution >= 0.6 is 0 Å². The second-order valence-electron chi connectivity index (χ2n) is 5.83. The maximum absolute atomic E-state index is 11.9. The lowest BCUT2D eigenvalue weighted by atomic mass is 10.1. The smallest absolute Gasteiger partial charge is 0.320 e. The Bertz CT molecular complexity index is 540. The van der Waals surface area contributed by atoms with Crippen LogP contribution in [0.15, 0.2) is 18.2 Å². The van der Waals surface area contributed by atoms with Gasteiger partial charge in [0.25, 0.3) is 0 Å². The van der Waals surface area contributed by atoms with Gasteiger partial charge in [-0.05, 0) is 48.4 Å². The van der Waals surface area contributed by atoms with Crippen LogP contribution in [0.25, 0.3) is 0 Å². The summed E-state index contributed by atoms with van der Waals surface area (Å²) in [5, 5.41) is 14.6. The molecule has 0 bridgehead atoms. The fourth-order valence-electron chi connectivity index (χ4n) is 2.67. The minimum atomic E-state index is -0.935. The largest absolute Gasteiger partial charge is 0.480 e. The molecule has 0 spiro atoms. The molecular formula is C16H22N2O3. The van der Waals surface area contributed by atoms with E-state index in [0.29, 0.717) is 0 Å². The molecule has 0 saturated carbocycles. The van der Waals surface area contributed by atoms with Gasteiger partial charge in [0.15, 0.2) is 0 Å². The first-order chi connectivity index (χ1) is 9.97. The molecule has 1 aromatic rings. The van der Waals surface area contributed by atoms with Crippen LogP contribution in [0, 0.1) is 5.92 Å². The number of benzene rings is 1. The summed E-state index contributed by atoms with van der Waals surface area (Å²) in [5.74, 6) is -1.23. The number of carboxylic acids is 1. The van der Waals surface area contributed by atoms with Crippen molar-refractivity contribution < 1.29 is 14.7 Å². The number of hydrogen-bond acceptors (Lipinski definition) is 3. The number of amides is 1. The van der Waals surface area contributed by atoms with Crippen molar-refractivity contribution >= 4 is 17.6 Å². The summed E-state index contributed by atoms with van der Waals surface area (Å²) < 4.78 is 0. The minimum Gasteiger partial charge on any atom is -0.480 e. The number of aliphatic carboxylic acids is 1. The number of rotatable bonds is 6. The predicted molar refractivity (Wildman–Crippen MR) is 81.4 cm³/mol. The predicted octanol–water partition coefficient (Wildman–Crippen LogP) is 1.81. The highest BCUT2D eigenvalue weighted by Gasteiger charge is 2.21. The second kappa shape index (κ2) is 6.72. The Labute approximate surface area is 124 Å². The van der Waals surface area contributed by atoms with E-state index in [1.54, 1.807) is 0 Å². The van der Waals surface area contributed by atoms with E-state index in [9.17, 15) is 9.59 Å². The number of anilines is 1. The van der Waals surface area contributed by atoms with Crippen molar-refractivity contribution in [1.82, 2.24) is 5.32 Å². The fourth-order valence-corrected chi connectivity index (χ4v) is 2.67. The van der Waals surface area contributed by atoms with Gasteiger partial charge < -0.3 is 10.4 Å². The molecule has 0 saturated heterocycles. The normalized spacial score (nSPS) is 14.8. The lowest BCUT2D eigenvalue weighted by molar-refractivity contribution is -0.140. The Hall–Kier alpha value is -1.88. The maximum Gasteiger partial charge on any atom is 0.320 e. The summed E-state index contributed by atoms with van der Waals surface area (Å²) in [6, 6.07) is 5.26. The van der Waals surface area contributed by atoms with Gasteiger partial charge in [-0.1, -0.05) is 19.9 Å². The molecule has 1 aliphatic carbocycles. The molecule has 1 atom stereocenters. The molecule has 0 radical (unpaired) electrons. The molecular weight excluding hydrogens is 268 g/mol. The third-order valence-corrected chi connectivity index (χ3v) is 3.80. The molecule has 2 rings (SSSR count). The summed E-state index contributed by atoms with van der Waals surface area (Å²) >= 11 is 0.